The molecule has 2 aliphatic heterocycles. The molecule has 2 aliphatic rings. The molecular weight excluding hydrogens is 335 g/mol. The smallest absolute Gasteiger partial charge is 0.203 e. The third-order valence-electron chi connectivity index (χ3n) is 5.43. The quantitative estimate of drug-likeness (QED) is 0.711. The Kier molecular flexibility index (Phi) is 3.53. The largest absolute Gasteiger partial charge is 0.494 e. The Bertz CT molecular complexity index is 960. The van der Waals surface area contributed by atoms with Crippen molar-refractivity contribution >= 4 is 11.5 Å². The molecule has 2 saturated heterocycles. The number of nitrogens with zero attached hydrogens (tertiary/aromatic N) is 6. The van der Waals surface area contributed by atoms with Gasteiger partial charge in [0.15, 0.2) is 17.4 Å². The molecule has 0 aliphatic carbocycles. The number of hydrogen-bond donors (Lipinski definition) is 0. The van der Waals surface area contributed by atoms with Gasteiger partial charge in [0.1, 0.15) is 6.33 Å². The van der Waals surface area contributed by atoms with E-state index in [1.165, 1.54) is 7.11 Å². The zero-order valence-electron chi connectivity index (χ0n) is 14.4. The second-order valence-electron chi connectivity index (χ2n) is 6.91. The SMILES string of the molecule is COc1ccc(CN2CC3CC2CN3c2nccn3cnnc23)cc1F. The highest BCUT2D eigenvalue weighted by molar-refractivity contribution is 5.64. The van der Waals surface area contributed by atoms with E-state index in [0.717, 1.165) is 43.1 Å². The number of fused-ring (bicyclic) bond motifs is 3. The molecule has 8 heteroatoms. The first-order chi connectivity index (χ1) is 12.7. The van der Waals surface area contributed by atoms with E-state index in [0.29, 0.717) is 12.1 Å². The molecule has 2 fully saturated rings. The predicted octanol–water partition coefficient (Wildman–Crippen LogP) is 1.74. The highest BCUT2D eigenvalue weighted by atomic mass is 19.1. The van der Waals surface area contributed by atoms with Crippen LogP contribution in [0.4, 0.5) is 10.2 Å². The minimum Gasteiger partial charge on any atom is -0.494 e. The Morgan fingerprint density at radius 3 is 2.96 bits per heavy atom. The number of anilines is 1. The van der Waals surface area contributed by atoms with Gasteiger partial charge in [0, 0.05) is 44.1 Å². The van der Waals surface area contributed by atoms with Gasteiger partial charge in [-0.3, -0.25) is 9.30 Å². The van der Waals surface area contributed by atoms with E-state index in [1.54, 1.807) is 24.7 Å². The third-order valence-corrected chi connectivity index (χ3v) is 5.43. The lowest BCUT2D eigenvalue weighted by Gasteiger charge is -2.34. The summed E-state index contributed by atoms with van der Waals surface area (Å²) in [7, 11) is 1.48. The van der Waals surface area contributed by atoms with Crippen LogP contribution < -0.4 is 9.64 Å². The number of benzene rings is 1. The Morgan fingerprint density at radius 1 is 1.27 bits per heavy atom. The lowest BCUT2D eigenvalue weighted by Crippen LogP contribution is -2.46. The van der Waals surface area contributed by atoms with Gasteiger partial charge in [-0.1, -0.05) is 6.07 Å². The number of halogens is 1. The average molecular weight is 354 g/mol. The molecule has 3 aromatic rings. The second kappa shape index (κ2) is 5.91. The highest BCUT2D eigenvalue weighted by Crippen LogP contribution is 2.35. The zero-order valence-corrected chi connectivity index (χ0v) is 14.4. The van der Waals surface area contributed by atoms with Crippen molar-refractivity contribution in [3.63, 3.8) is 0 Å². The molecule has 2 unspecified atom stereocenters. The van der Waals surface area contributed by atoms with Crippen molar-refractivity contribution in [1.82, 2.24) is 24.5 Å². The summed E-state index contributed by atoms with van der Waals surface area (Å²) in [5, 5.41) is 8.18. The number of hydrogen-bond acceptors (Lipinski definition) is 6. The Hall–Kier alpha value is -2.74. The molecule has 2 aromatic heterocycles. The minimum absolute atomic E-state index is 0.287. The molecule has 2 bridgehead atoms. The molecule has 1 aromatic carbocycles. The molecule has 134 valence electrons. The maximum atomic E-state index is 13.9. The van der Waals surface area contributed by atoms with Crippen LogP contribution >= 0.6 is 0 Å². The molecule has 0 spiro atoms. The molecular formula is C18H19FN6O. The van der Waals surface area contributed by atoms with E-state index >= 15 is 0 Å². The van der Waals surface area contributed by atoms with Gasteiger partial charge < -0.3 is 9.64 Å². The summed E-state index contributed by atoms with van der Waals surface area (Å²) in [6.45, 7) is 2.59. The fourth-order valence-electron chi connectivity index (χ4n) is 4.19. The standard InChI is InChI=1S/C18H19FN6O/c1-26-16-3-2-12(6-15(16)19)8-24-9-14-7-13(24)10-25(14)17-18-22-21-11-23(18)5-4-20-17/h2-6,11,13-14H,7-10H2,1H3. The molecule has 0 amide bonds. The maximum absolute atomic E-state index is 13.9. The van der Waals surface area contributed by atoms with Crippen LogP contribution in [0.1, 0.15) is 12.0 Å². The molecule has 26 heavy (non-hydrogen) atoms. The Labute approximate surface area is 150 Å². The van der Waals surface area contributed by atoms with Crippen molar-refractivity contribution in [3.8, 4) is 5.75 Å². The molecule has 2 atom stereocenters. The number of methoxy groups -OCH3 is 1. The van der Waals surface area contributed by atoms with E-state index in [2.05, 4.69) is 25.0 Å². The van der Waals surface area contributed by atoms with Crippen LogP contribution in [0.25, 0.3) is 5.65 Å². The van der Waals surface area contributed by atoms with Gasteiger partial charge in [0.05, 0.1) is 7.11 Å². The maximum Gasteiger partial charge on any atom is 0.203 e. The highest BCUT2D eigenvalue weighted by Gasteiger charge is 2.44. The summed E-state index contributed by atoms with van der Waals surface area (Å²) in [4.78, 5) is 9.30. The van der Waals surface area contributed by atoms with Gasteiger partial charge in [-0.05, 0) is 24.1 Å². The van der Waals surface area contributed by atoms with Gasteiger partial charge in [0.25, 0.3) is 0 Å². The zero-order chi connectivity index (χ0) is 17.7. The number of aromatic nitrogens is 4. The van der Waals surface area contributed by atoms with Crippen molar-refractivity contribution < 1.29 is 9.13 Å². The van der Waals surface area contributed by atoms with Crippen molar-refractivity contribution in [1.29, 1.82) is 0 Å². The lowest BCUT2D eigenvalue weighted by atomic mass is 10.1. The fourth-order valence-corrected chi connectivity index (χ4v) is 4.19. The monoisotopic (exact) mass is 354 g/mol. The lowest BCUT2D eigenvalue weighted by molar-refractivity contribution is 0.229. The topological polar surface area (TPSA) is 58.8 Å². The van der Waals surface area contributed by atoms with Crippen molar-refractivity contribution in [3.05, 3.63) is 48.3 Å². The van der Waals surface area contributed by atoms with Gasteiger partial charge in [-0.25, -0.2) is 9.37 Å². The molecule has 4 heterocycles. The first kappa shape index (κ1) is 15.5. The minimum atomic E-state index is -0.307. The van der Waals surface area contributed by atoms with Gasteiger partial charge in [-0.2, -0.15) is 0 Å². The van der Waals surface area contributed by atoms with Crippen LogP contribution in [-0.2, 0) is 6.54 Å². The fraction of sp³-hybridized carbons (Fsp3) is 0.389. The summed E-state index contributed by atoms with van der Waals surface area (Å²) in [5.74, 6) is 0.877. The summed E-state index contributed by atoms with van der Waals surface area (Å²) in [6.07, 6.45) is 6.43. The number of likely N-dealkylation sites (tertiary alicyclic amines) is 1. The van der Waals surface area contributed by atoms with E-state index in [-0.39, 0.29) is 11.6 Å². The van der Waals surface area contributed by atoms with Gasteiger partial charge >= 0.3 is 0 Å². The molecule has 0 radical (unpaired) electrons. The third kappa shape index (κ3) is 2.40. The van der Waals surface area contributed by atoms with Crippen molar-refractivity contribution in [2.45, 2.75) is 25.0 Å². The summed E-state index contributed by atoms with van der Waals surface area (Å²) >= 11 is 0. The summed E-state index contributed by atoms with van der Waals surface area (Å²) < 4.78 is 20.8. The molecule has 0 N–H and O–H groups in total. The first-order valence-electron chi connectivity index (χ1n) is 8.70. The van der Waals surface area contributed by atoms with E-state index in [1.807, 2.05) is 16.7 Å². The molecule has 7 nitrogen and oxygen atoms in total. The Morgan fingerprint density at radius 2 is 2.19 bits per heavy atom. The normalized spacial score (nSPS) is 22.5. The van der Waals surface area contributed by atoms with Gasteiger partial charge in [0.2, 0.25) is 5.65 Å². The predicted molar refractivity (Wildman–Crippen MR) is 93.7 cm³/mol. The van der Waals surface area contributed by atoms with Crippen LogP contribution in [-0.4, -0.2) is 56.8 Å². The molecule has 5 rings (SSSR count). The van der Waals surface area contributed by atoms with E-state index in [9.17, 15) is 4.39 Å². The second-order valence-corrected chi connectivity index (χ2v) is 6.91. The van der Waals surface area contributed by atoms with Crippen molar-refractivity contribution in [2.24, 2.45) is 0 Å². The summed E-state index contributed by atoms with van der Waals surface area (Å²) in [5.41, 5.74) is 1.77. The van der Waals surface area contributed by atoms with E-state index < -0.39 is 0 Å². The first-order valence-corrected chi connectivity index (χ1v) is 8.70. The van der Waals surface area contributed by atoms with Crippen LogP contribution in [0.15, 0.2) is 36.9 Å². The van der Waals surface area contributed by atoms with Crippen LogP contribution in [0.5, 0.6) is 5.75 Å². The van der Waals surface area contributed by atoms with Crippen LogP contribution in [0.2, 0.25) is 0 Å². The van der Waals surface area contributed by atoms with E-state index in [4.69, 9.17) is 4.74 Å². The number of piperazine rings is 1. The Balaban J connectivity index is 1.33. The van der Waals surface area contributed by atoms with Crippen LogP contribution in [0.3, 0.4) is 0 Å². The van der Waals surface area contributed by atoms with Crippen LogP contribution in [0, 0.1) is 5.82 Å². The number of ether oxygens (including phenoxy) is 1. The average Bonchev–Trinajstić information content (AvgIpc) is 3.36. The van der Waals surface area contributed by atoms with Gasteiger partial charge in [-0.15, -0.1) is 10.2 Å². The number of rotatable bonds is 4. The van der Waals surface area contributed by atoms with Crippen molar-refractivity contribution in [2.75, 3.05) is 25.1 Å². The summed E-state index contributed by atoms with van der Waals surface area (Å²) in [6, 6.07) is 6.04. The molecule has 0 saturated carbocycles.